The first kappa shape index (κ1) is 9.86. The van der Waals surface area contributed by atoms with E-state index < -0.39 is 0 Å². The number of aromatic nitrogens is 3. The normalized spacial score (nSPS) is 27.9. The van der Waals surface area contributed by atoms with Crippen molar-refractivity contribution in [2.75, 3.05) is 13.2 Å². The highest BCUT2D eigenvalue weighted by molar-refractivity contribution is 7.71. The lowest BCUT2D eigenvalue weighted by Gasteiger charge is -2.30. The Labute approximate surface area is 88.3 Å². The van der Waals surface area contributed by atoms with Crippen molar-refractivity contribution < 1.29 is 4.74 Å². The smallest absolute Gasteiger partial charge is 0.195 e. The molecule has 1 aliphatic heterocycles. The minimum Gasteiger partial charge on any atom is -0.381 e. The molecule has 5 heteroatoms. The van der Waals surface area contributed by atoms with E-state index in [1.807, 2.05) is 6.92 Å². The largest absolute Gasteiger partial charge is 0.381 e. The van der Waals surface area contributed by atoms with Gasteiger partial charge in [0.15, 0.2) is 4.77 Å². The summed E-state index contributed by atoms with van der Waals surface area (Å²) in [5, 5.41) is 6.96. The summed E-state index contributed by atoms with van der Waals surface area (Å²) < 4.78 is 8.25. The molecule has 0 saturated carbocycles. The van der Waals surface area contributed by atoms with Gasteiger partial charge in [0.2, 0.25) is 0 Å². The number of rotatable bonds is 1. The number of aromatic amines is 1. The summed E-state index contributed by atoms with van der Waals surface area (Å²) in [4.78, 5) is 0. The van der Waals surface area contributed by atoms with Crippen molar-refractivity contribution >= 4 is 12.2 Å². The van der Waals surface area contributed by atoms with Gasteiger partial charge in [0.25, 0.3) is 0 Å². The molecule has 1 fully saturated rings. The van der Waals surface area contributed by atoms with Gasteiger partial charge >= 0.3 is 0 Å². The van der Waals surface area contributed by atoms with Crippen LogP contribution in [0.2, 0.25) is 0 Å². The van der Waals surface area contributed by atoms with E-state index in [1.165, 1.54) is 0 Å². The quantitative estimate of drug-likeness (QED) is 0.724. The lowest BCUT2D eigenvalue weighted by Crippen LogP contribution is -2.28. The van der Waals surface area contributed by atoms with Crippen LogP contribution in [0.5, 0.6) is 0 Å². The maximum atomic E-state index is 5.41. The van der Waals surface area contributed by atoms with E-state index in [-0.39, 0.29) is 0 Å². The fraction of sp³-hybridized carbons (Fsp3) is 0.778. The molecule has 0 bridgehead atoms. The first-order valence-corrected chi connectivity index (χ1v) is 5.32. The summed E-state index contributed by atoms with van der Waals surface area (Å²) in [5.74, 6) is 1.47. The van der Waals surface area contributed by atoms with Crippen molar-refractivity contribution in [1.29, 1.82) is 0 Å². The van der Waals surface area contributed by atoms with Crippen molar-refractivity contribution in [2.24, 2.45) is 5.92 Å². The van der Waals surface area contributed by atoms with Gasteiger partial charge < -0.3 is 9.30 Å². The summed E-state index contributed by atoms with van der Waals surface area (Å²) in [6, 6.07) is 0.440. The molecule has 1 aliphatic rings. The summed E-state index contributed by atoms with van der Waals surface area (Å²) >= 11 is 5.21. The van der Waals surface area contributed by atoms with Crippen molar-refractivity contribution in [3.05, 3.63) is 10.6 Å². The third-order valence-corrected chi connectivity index (χ3v) is 3.10. The van der Waals surface area contributed by atoms with Gasteiger partial charge in [0.05, 0.1) is 6.61 Å². The van der Waals surface area contributed by atoms with Crippen LogP contribution >= 0.6 is 12.2 Å². The maximum absolute atomic E-state index is 5.41. The van der Waals surface area contributed by atoms with Gasteiger partial charge in [0.1, 0.15) is 5.82 Å². The topological polar surface area (TPSA) is 42.8 Å². The summed E-state index contributed by atoms with van der Waals surface area (Å²) in [5.41, 5.74) is 0. The van der Waals surface area contributed by atoms with Crippen LogP contribution in [0.3, 0.4) is 0 Å². The highest BCUT2D eigenvalue weighted by atomic mass is 32.1. The Morgan fingerprint density at radius 3 is 3.00 bits per heavy atom. The predicted molar refractivity (Wildman–Crippen MR) is 55.8 cm³/mol. The number of hydrogen-bond donors (Lipinski definition) is 1. The SMILES string of the molecule is Cc1n[nH]c(=S)n1C1CCOCC1C. The lowest BCUT2D eigenvalue weighted by molar-refractivity contribution is 0.0276. The zero-order chi connectivity index (χ0) is 10.1. The molecule has 0 amide bonds. The monoisotopic (exact) mass is 213 g/mol. The van der Waals surface area contributed by atoms with E-state index in [4.69, 9.17) is 17.0 Å². The average molecular weight is 213 g/mol. The molecule has 2 rings (SSSR count). The van der Waals surface area contributed by atoms with Crippen molar-refractivity contribution in [1.82, 2.24) is 14.8 Å². The summed E-state index contributed by atoms with van der Waals surface area (Å²) in [6.45, 7) is 5.81. The zero-order valence-electron chi connectivity index (χ0n) is 8.49. The Morgan fingerprint density at radius 2 is 2.43 bits per heavy atom. The Bertz CT molecular complexity index is 370. The zero-order valence-corrected chi connectivity index (χ0v) is 9.30. The Morgan fingerprint density at radius 1 is 1.64 bits per heavy atom. The number of H-pyrrole nitrogens is 1. The van der Waals surface area contributed by atoms with E-state index >= 15 is 0 Å². The molecule has 0 aromatic carbocycles. The molecule has 0 spiro atoms. The van der Waals surface area contributed by atoms with Gasteiger partial charge in [-0.2, -0.15) is 5.10 Å². The number of nitrogens with zero attached hydrogens (tertiary/aromatic N) is 2. The first-order chi connectivity index (χ1) is 6.70. The third-order valence-electron chi connectivity index (χ3n) is 2.81. The van der Waals surface area contributed by atoms with Gasteiger partial charge in [0, 0.05) is 18.6 Å². The lowest BCUT2D eigenvalue weighted by atomic mass is 9.97. The molecule has 0 radical (unpaired) electrons. The summed E-state index contributed by atoms with van der Waals surface area (Å²) in [7, 11) is 0. The van der Waals surface area contributed by atoms with E-state index in [0.717, 1.165) is 30.2 Å². The van der Waals surface area contributed by atoms with Crippen LogP contribution in [-0.2, 0) is 4.74 Å². The predicted octanol–water partition coefficient (Wildman–Crippen LogP) is 1.85. The van der Waals surface area contributed by atoms with Gasteiger partial charge in [-0.3, -0.25) is 5.10 Å². The number of nitrogens with one attached hydrogen (secondary N) is 1. The van der Waals surface area contributed by atoms with Gasteiger partial charge in [-0.25, -0.2) is 0 Å². The minimum atomic E-state index is 0.440. The maximum Gasteiger partial charge on any atom is 0.195 e. The molecule has 1 N–H and O–H groups in total. The van der Waals surface area contributed by atoms with E-state index in [2.05, 4.69) is 21.7 Å². The van der Waals surface area contributed by atoms with Crippen LogP contribution < -0.4 is 0 Å². The van der Waals surface area contributed by atoms with Crippen LogP contribution in [0.25, 0.3) is 0 Å². The second kappa shape index (κ2) is 3.82. The molecule has 4 nitrogen and oxygen atoms in total. The van der Waals surface area contributed by atoms with Crippen LogP contribution in [0, 0.1) is 17.6 Å². The Balaban J connectivity index is 2.33. The molecule has 0 aliphatic carbocycles. The fourth-order valence-electron chi connectivity index (χ4n) is 2.03. The molecule has 2 unspecified atom stereocenters. The van der Waals surface area contributed by atoms with Crippen LogP contribution in [0.15, 0.2) is 0 Å². The number of ether oxygens (including phenoxy) is 1. The summed E-state index contributed by atoms with van der Waals surface area (Å²) in [6.07, 6.45) is 1.02. The third kappa shape index (κ3) is 1.62. The van der Waals surface area contributed by atoms with Gasteiger partial charge in [-0.1, -0.05) is 6.92 Å². The van der Waals surface area contributed by atoms with Crippen molar-refractivity contribution in [2.45, 2.75) is 26.3 Å². The number of hydrogen-bond acceptors (Lipinski definition) is 3. The van der Waals surface area contributed by atoms with Crippen LogP contribution in [-0.4, -0.2) is 28.0 Å². The van der Waals surface area contributed by atoms with E-state index in [9.17, 15) is 0 Å². The molecule has 1 aromatic rings. The van der Waals surface area contributed by atoms with E-state index in [1.54, 1.807) is 0 Å². The molecular formula is C9H15N3OS. The van der Waals surface area contributed by atoms with Gasteiger partial charge in [-0.05, 0) is 25.6 Å². The van der Waals surface area contributed by atoms with Crippen molar-refractivity contribution in [3.63, 3.8) is 0 Å². The standard InChI is InChI=1S/C9H15N3OS/c1-6-5-13-4-3-8(6)12-7(2)10-11-9(12)14/h6,8H,3-5H2,1-2H3,(H,11,14). The highest BCUT2D eigenvalue weighted by Gasteiger charge is 2.25. The molecule has 2 heterocycles. The second-order valence-electron chi connectivity index (χ2n) is 3.85. The highest BCUT2D eigenvalue weighted by Crippen LogP contribution is 2.27. The molecule has 14 heavy (non-hydrogen) atoms. The number of aryl methyl sites for hydroxylation is 1. The second-order valence-corrected chi connectivity index (χ2v) is 4.24. The van der Waals surface area contributed by atoms with Crippen LogP contribution in [0.1, 0.15) is 25.2 Å². The Kier molecular flexibility index (Phi) is 2.69. The average Bonchev–Trinajstić information content (AvgIpc) is 2.48. The molecule has 1 saturated heterocycles. The molecule has 2 atom stereocenters. The fourth-order valence-corrected chi connectivity index (χ4v) is 2.34. The van der Waals surface area contributed by atoms with E-state index in [0.29, 0.717) is 12.0 Å². The minimum absolute atomic E-state index is 0.440. The Hall–Kier alpha value is -0.680. The van der Waals surface area contributed by atoms with Gasteiger partial charge in [-0.15, -0.1) is 0 Å². The first-order valence-electron chi connectivity index (χ1n) is 4.91. The van der Waals surface area contributed by atoms with Crippen LogP contribution in [0.4, 0.5) is 0 Å². The molecule has 1 aromatic heterocycles. The molecular weight excluding hydrogens is 198 g/mol. The molecule has 78 valence electrons. The van der Waals surface area contributed by atoms with Crippen molar-refractivity contribution in [3.8, 4) is 0 Å².